The van der Waals surface area contributed by atoms with E-state index in [9.17, 15) is 0 Å². The van der Waals surface area contributed by atoms with Gasteiger partial charge in [0.05, 0.1) is 39.8 Å². The normalized spacial score (nSPS) is 18.6. The van der Waals surface area contributed by atoms with Gasteiger partial charge in [-0.1, -0.05) is 0 Å². The van der Waals surface area contributed by atoms with E-state index >= 15 is 0 Å². The van der Waals surface area contributed by atoms with Crippen LogP contribution in [0.4, 0.5) is 0 Å². The highest BCUT2D eigenvalue weighted by Gasteiger charge is 2.46. The molecule has 0 aliphatic heterocycles. The van der Waals surface area contributed by atoms with Gasteiger partial charge in [0.2, 0.25) is 0 Å². The Kier molecular flexibility index (Phi) is 2.55. The van der Waals surface area contributed by atoms with Crippen molar-refractivity contribution in [3.63, 3.8) is 0 Å². The summed E-state index contributed by atoms with van der Waals surface area (Å²) >= 11 is 3.41. The molecule has 0 atom stereocenters. The lowest BCUT2D eigenvalue weighted by Gasteiger charge is -2.39. The molecule has 1 aliphatic carbocycles. The molecule has 5 heteroatoms. The van der Waals surface area contributed by atoms with E-state index < -0.39 is 0 Å². The second-order valence-electron chi connectivity index (χ2n) is 5.89. The van der Waals surface area contributed by atoms with Gasteiger partial charge in [-0.05, 0) is 43.6 Å². The van der Waals surface area contributed by atoms with Gasteiger partial charge in [0.1, 0.15) is 4.60 Å². The third-order valence-electron chi connectivity index (χ3n) is 3.81. The van der Waals surface area contributed by atoms with Crippen molar-refractivity contribution >= 4 is 15.9 Å². The van der Waals surface area contributed by atoms with Crippen molar-refractivity contribution in [2.75, 3.05) is 0 Å². The average molecular weight is 319 g/mol. The van der Waals surface area contributed by atoms with Gasteiger partial charge in [-0.25, -0.2) is 4.98 Å². The quantitative estimate of drug-likeness (QED) is 0.749. The average Bonchev–Trinajstić information content (AvgIpc) is 2.37. The smallest absolute Gasteiger partial charge is 0.124 e. The molecule has 1 aliphatic rings. The first kappa shape index (κ1) is 12.7. The predicted octanol–water partition coefficient (Wildman–Crippen LogP) is 2.99. The predicted molar refractivity (Wildman–Crippen MR) is 76.0 cm³/mol. The Morgan fingerprint density at radius 3 is 1.84 bits per heavy atom. The van der Waals surface area contributed by atoms with Gasteiger partial charge in [0, 0.05) is 12.4 Å². The summed E-state index contributed by atoms with van der Waals surface area (Å²) in [5.41, 5.74) is 3.37. The summed E-state index contributed by atoms with van der Waals surface area (Å²) in [5.74, 6) is 0. The van der Waals surface area contributed by atoms with Crippen molar-refractivity contribution in [1.82, 2.24) is 19.9 Å². The standard InChI is InChI=1S/C14H15BrN4/c1-13(2)9-10(17-6-5-16-9)14(3,4)12-11(13)18-7-8(15)19-12/h5-7H,1-4H3. The molecule has 0 amide bonds. The first-order valence-electron chi connectivity index (χ1n) is 6.20. The van der Waals surface area contributed by atoms with E-state index in [0.717, 1.165) is 27.4 Å². The molecule has 0 radical (unpaired) electrons. The van der Waals surface area contributed by atoms with E-state index in [-0.39, 0.29) is 10.8 Å². The summed E-state index contributed by atoms with van der Waals surface area (Å²) in [6, 6.07) is 0. The monoisotopic (exact) mass is 318 g/mol. The third-order valence-corrected chi connectivity index (χ3v) is 4.19. The van der Waals surface area contributed by atoms with Crippen LogP contribution in [0.1, 0.15) is 50.5 Å². The minimum atomic E-state index is -0.286. The fraction of sp³-hybridized carbons (Fsp3) is 0.429. The minimum absolute atomic E-state index is 0.276. The van der Waals surface area contributed by atoms with Crippen molar-refractivity contribution in [3.8, 4) is 0 Å². The van der Waals surface area contributed by atoms with Crippen molar-refractivity contribution in [1.29, 1.82) is 0 Å². The van der Waals surface area contributed by atoms with Crippen LogP contribution in [-0.4, -0.2) is 19.9 Å². The van der Waals surface area contributed by atoms with Crippen LogP contribution in [-0.2, 0) is 10.8 Å². The topological polar surface area (TPSA) is 51.6 Å². The Hall–Kier alpha value is -1.36. The van der Waals surface area contributed by atoms with Crippen LogP contribution in [0.3, 0.4) is 0 Å². The van der Waals surface area contributed by atoms with Crippen LogP contribution in [0.5, 0.6) is 0 Å². The first-order chi connectivity index (χ1) is 8.85. The van der Waals surface area contributed by atoms with Crippen LogP contribution >= 0.6 is 15.9 Å². The van der Waals surface area contributed by atoms with Gasteiger partial charge in [0.15, 0.2) is 0 Å². The minimum Gasteiger partial charge on any atom is -0.257 e. The molecular weight excluding hydrogens is 304 g/mol. The van der Waals surface area contributed by atoms with Crippen molar-refractivity contribution < 1.29 is 0 Å². The van der Waals surface area contributed by atoms with E-state index in [2.05, 4.69) is 63.6 Å². The molecule has 19 heavy (non-hydrogen) atoms. The summed E-state index contributed by atoms with van der Waals surface area (Å²) in [6.07, 6.45) is 5.24. The number of fused-ring (bicyclic) bond motifs is 2. The summed E-state index contributed by atoms with van der Waals surface area (Å²) in [6.45, 7) is 8.49. The first-order valence-corrected chi connectivity index (χ1v) is 7.00. The van der Waals surface area contributed by atoms with E-state index in [1.807, 2.05) is 0 Å². The molecule has 98 valence electrons. The summed E-state index contributed by atoms with van der Waals surface area (Å²) < 4.78 is 0.752. The van der Waals surface area contributed by atoms with Gasteiger partial charge in [-0.15, -0.1) is 0 Å². The number of rotatable bonds is 0. The van der Waals surface area contributed by atoms with Crippen LogP contribution in [0, 0.1) is 0 Å². The van der Waals surface area contributed by atoms with E-state index in [0.29, 0.717) is 0 Å². The second-order valence-corrected chi connectivity index (χ2v) is 6.71. The number of hydrogen-bond acceptors (Lipinski definition) is 4. The Balaban J connectivity index is 2.40. The van der Waals surface area contributed by atoms with Crippen LogP contribution in [0.15, 0.2) is 23.2 Å². The summed E-state index contributed by atoms with van der Waals surface area (Å²) in [7, 11) is 0. The molecule has 0 fully saturated rings. The number of halogens is 1. The van der Waals surface area contributed by atoms with Crippen molar-refractivity contribution in [3.05, 3.63) is 46.0 Å². The highest BCUT2D eigenvalue weighted by Crippen LogP contribution is 2.46. The molecular formula is C14H15BrN4. The lowest BCUT2D eigenvalue weighted by molar-refractivity contribution is 0.461. The zero-order valence-corrected chi connectivity index (χ0v) is 13.0. The molecule has 4 nitrogen and oxygen atoms in total. The lowest BCUT2D eigenvalue weighted by Crippen LogP contribution is -2.40. The molecule has 0 bridgehead atoms. The Bertz CT molecular complexity index is 664. The maximum atomic E-state index is 4.65. The molecule has 0 saturated carbocycles. The van der Waals surface area contributed by atoms with Crippen molar-refractivity contribution in [2.45, 2.75) is 38.5 Å². The van der Waals surface area contributed by atoms with Crippen molar-refractivity contribution in [2.24, 2.45) is 0 Å². The van der Waals surface area contributed by atoms with Gasteiger partial charge >= 0.3 is 0 Å². The zero-order chi connectivity index (χ0) is 13.8. The highest BCUT2D eigenvalue weighted by molar-refractivity contribution is 9.10. The van der Waals surface area contributed by atoms with Gasteiger partial charge in [-0.2, -0.15) is 0 Å². The zero-order valence-electron chi connectivity index (χ0n) is 11.4. The number of hydrogen-bond donors (Lipinski definition) is 0. The van der Waals surface area contributed by atoms with Crippen LogP contribution in [0.25, 0.3) is 0 Å². The van der Waals surface area contributed by atoms with Crippen LogP contribution in [0.2, 0.25) is 0 Å². The molecule has 3 rings (SSSR count). The molecule has 0 unspecified atom stereocenters. The maximum Gasteiger partial charge on any atom is 0.124 e. The summed E-state index contributed by atoms with van der Waals surface area (Å²) in [4.78, 5) is 18.3. The van der Waals surface area contributed by atoms with E-state index in [4.69, 9.17) is 0 Å². The third kappa shape index (κ3) is 1.64. The molecule has 2 heterocycles. The second kappa shape index (κ2) is 3.82. The van der Waals surface area contributed by atoms with E-state index in [1.54, 1.807) is 18.6 Å². The van der Waals surface area contributed by atoms with Gasteiger partial charge in [0.25, 0.3) is 0 Å². The van der Waals surface area contributed by atoms with Gasteiger partial charge < -0.3 is 0 Å². The maximum absolute atomic E-state index is 4.65. The van der Waals surface area contributed by atoms with Crippen LogP contribution < -0.4 is 0 Å². The Labute approximate surface area is 120 Å². The fourth-order valence-electron chi connectivity index (χ4n) is 2.74. The fourth-order valence-corrected chi connectivity index (χ4v) is 3.02. The molecule has 0 aromatic carbocycles. The van der Waals surface area contributed by atoms with E-state index in [1.165, 1.54) is 0 Å². The molecule has 2 aromatic heterocycles. The molecule has 0 N–H and O–H groups in total. The lowest BCUT2D eigenvalue weighted by atomic mass is 9.68. The number of nitrogens with zero attached hydrogens (tertiary/aromatic N) is 4. The Morgan fingerprint density at radius 1 is 0.789 bits per heavy atom. The highest BCUT2D eigenvalue weighted by atomic mass is 79.9. The largest absolute Gasteiger partial charge is 0.257 e. The van der Waals surface area contributed by atoms with Gasteiger partial charge in [-0.3, -0.25) is 15.0 Å². The molecule has 0 saturated heterocycles. The molecule has 2 aromatic rings. The molecule has 0 spiro atoms. The summed E-state index contributed by atoms with van der Waals surface area (Å²) in [5, 5.41) is 0. The SMILES string of the molecule is CC1(C)c2nccnc2C(C)(C)c2nc(Br)cnc21. The Morgan fingerprint density at radius 2 is 1.26 bits per heavy atom. The number of aromatic nitrogens is 4.